The maximum atomic E-state index is 5.62. The van der Waals surface area contributed by atoms with Gasteiger partial charge in [-0.05, 0) is 59.5 Å². The van der Waals surface area contributed by atoms with E-state index >= 15 is 0 Å². The molecule has 0 saturated carbocycles. The van der Waals surface area contributed by atoms with E-state index in [9.17, 15) is 0 Å². The largest absolute Gasteiger partial charge is 0.381 e. The first-order valence-electron chi connectivity index (χ1n) is 9.13. The Bertz CT molecular complexity index is 596. The summed E-state index contributed by atoms with van der Waals surface area (Å²) in [6, 6.07) is 8.43. The fraction of sp³-hybridized carbons (Fsp3) is 0.632. The lowest BCUT2D eigenvalue weighted by atomic mass is 9.87. The molecule has 2 aliphatic heterocycles. The summed E-state index contributed by atoms with van der Waals surface area (Å²) in [6.07, 6.45) is 4.80. The highest BCUT2D eigenvalue weighted by atomic mass is 127. The third-order valence-corrected chi connectivity index (χ3v) is 7.20. The first-order valence-corrected chi connectivity index (χ1v) is 10.9. The van der Waals surface area contributed by atoms with Gasteiger partial charge in [0.15, 0.2) is 5.96 Å². The van der Waals surface area contributed by atoms with E-state index in [0.29, 0.717) is 5.41 Å². The number of likely N-dealkylation sites (tertiary alicyclic amines) is 1. The zero-order valence-corrected chi connectivity index (χ0v) is 20.1. The summed E-state index contributed by atoms with van der Waals surface area (Å²) in [6.45, 7) is 5.02. The van der Waals surface area contributed by atoms with E-state index in [-0.39, 0.29) is 24.0 Å². The number of halogens is 2. The summed E-state index contributed by atoms with van der Waals surface area (Å²) >= 11 is 5.53. The van der Waals surface area contributed by atoms with Gasteiger partial charge in [0.1, 0.15) is 0 Å². The Balaban J connectivity index is 0.00000243. The van der Waals surface area contributed by atoms with Gasteiger partial charge in [0, 0.05) is 48.1 Å². The lowest BCUT2D eigenvalue weighted by Crippen LogP contribution is -2.41. The Morgan fingerprint density at radius 2 is 2.19 bits per heavy atom. The van der Waals surface area contributed by atoms with Gasteiger partial charge in [-0.25, -0.2) is 0 Å². The summed E-state index contributed by atoms with van der Waals surface area (Å²) in [5.74, 6) is 2.20. The van der Waals surface area contributed by atoms with Crippen molar-refractivity contribution < 1.29 is 4.74 Å². The highest BCUT2D eigenvalue weighted by molar-refractivity contribution is 14.0. The van der Waals surface area contributed by atoms with Gasteiger partial charge in [-0.15, -0.1) is 35.7 Å². The monoisotopic (exact) mass is 553 g/mol. The van der Waals surface area contributed by atoms with Crippen LogP contribution >= 0.6 is 51.7 Å². The van der Waals surface area contributed by atoms with E-state index in [4.69, 9.17) is 4.74 Å². The number of aliphatic imine (C=N–C) groups is 1. The molecule has 3 rings (SSSR count). The van der Waals surface area contributed by atoms with E-state index in [0.717, 1.165) is 44.6 Å². The Morgan fingerprint density at radius 1 is 1.35 bits per heavy atom. The Labute approximate surface area is 187 Å². The van der Waals surface area contributed by atoms with Crippen molar-refractivity contribution in [3.05, 3.63) is 28.7 Å². The molecule has 1 aromatic carbocycles. The van der Waals surface area contributed by atoms with Crippen molar-refractivity contribution in [3.8, 4) is 0 Å². The summed E-state index contributed by atoms with van der Waals surface area (Å²) in [5, 5.41) is 3.54. The number of unbranched alkanes of at least 4 members (excludes halogenated alkanes) is 1. The van der Waals surface area contributed by atoms with Gasteiger partial charge in [-0.3, -0.25) is 4.99 Å². The quantitative estimate of drug-likeness (QED) is 0.183. The average molecular weight is 554 g/mol. The van der Waals surface area contributed by atoms with Gasteiger partial charge in [0.2, 0.25) is 0 Å². The van der Waals surface area contributed by atoms with Crippen LogP contribution in [0.1, 0.15) is 25.7 Å². The lowest BCUT2D eigenvalue weighted by Gasteiger charge is -2.24. The van der Waals surface area contributed by atoms with E-state index < -0.39 is 0 Å². The highest BCUT2D eigenvalue weighted by Crippen LogP contribution is 2.38. The minimum atomic E-state index is 0. The summed E-state index contributed by atoms with van der Waals surface area (Å²) in [5.41, 5.74) is 0.386. The normalized spacial score (nSPS) is 22.7. The van der Waals surface area contributed by atoms with Crippen LogP contribution in [0.15, 0.2) is 38.6 Å². The smallest absolute Gasteiger partial charge is 0.193 e. The average Bonchev–Trinajstić information content (AvgIpc) is 3.26. The van der Waals surface area contributed by atoms with Gasteiger partial charge >= 0.3 is 0 Å². The molecule has 1 atom stereocenters. The first-order chi connectivity index (χ1) is 12.2. The minimum Gasteiger partial charge on any atom is -0.381 e. The molecule has 26 heavy (non-hydrogen) atoms. The van der Waals surface area contributed by atoms with E-state index in [1.807, 2.05) is 18.8 Å². The van der Waals surface area contributed by atoms with E-state index in [1.165, 1.54) is 35.1 Å². The van der Waals surface area contributed by atoms with Crippen LogP contribution in [0.25, 0.3) is 0 Å². The third kappa shape index (κ3) is 6.01. The first kappa shape index (κ1) is 22.3. The summed E-state index contributed by atoms with van der Waals surface area (Å²) in [7, 11) is 1.89. The van der Waals surface area contributed by atoms with Crippen LogP contribution in [0.5, 0.6) is 0 Å². The molecule has 1 spiro atoms. The maximum Gasteiger partial charge on any atom is 0.193 e. The molecular weight excluding hydrogens is 525 g/mol. The molecule has 0 bridgehead atoms. The molecule has 0 aliphatic carbocycles. The van der Waals surface area contributed by atoms with Crippen LogP contribution in [0, 0.1) is 5.41 Å². The van der Waals surface area contributed by atoms with Gasteiger partial charge in [-0.1, -0.05) is 12.1 Å². The summed E-state index contributed by atoms with van der Waals surface area (Å²) in [4.78, 5) is 8.21. The third-order valence-electron chi connectivity index (χ3n) is 5.08. The molecule has 4 nitrogen and oxygen atoms in total. The SMILES string of the molecule is CN=C(NCCCCSc1ccccc1Br)N1CCC2(CCOC2)C1.I. The number of rotatable bonds is 6. The van der Waals surface area contributed by atoms with E-state index in [2.05, 4.69) is 55.4 Å². The number of ether oxygens (including phenoxy) is 1. The molecule has 2 heterocycles. The highest BCUT2D eigenvalue weighted by Gasteiger charge is 2.42. The number of benzene rings is 1. The van der Waals surface area contributed by atoms with Gasteiger partial charge in [-0.2, -0.15) is 0 Å². The molecule has 1 N–H and O–H groups in total. The molecule has 0 radical (unpaired) electrons. The van der Waals surface area contributed by atoms with Crippen molar-refractivity contribution in [1.82, 2.24) is 10.2 Å². The van der Waals surface area contributed by atoms with Crippen molar-refractivity contribution >= 4 is 57.6 Å². The van der Waals surface area contributed by atoms with Crippen LogP contribution in [-0.2, 0) is 4.74 Å². The van der Waals surface area contributed by atoms with Crippen LogP contribution in [0.3, 0.4) is 0 Å². The van der Waals surface area contributed by atoms with Crippen LogP contribution in [0.2, 0.25) is 0 Å². The molecule has 7 heteroatoms. The fourth-order valence-electron chi connectivity index (χ4n) is 3.59. The predicted molar refractivity (Wildman–Crippen MR) is 125 cm³/mol. The zero-order chi connectivity index (χ0) is 17.5. The van der Waals surface area contributed by atoms with E-state index in [1.54, 1.807) is 0 Å². The van der Waals surface area contributed by atoms with Crippen LogP contribution in [0.4, 0.5) is 0 Å². The Morgan fingerprint density at radius 3 is 2.92 bits per heavy atom. The van der Waals surface area contributed by atoms with Crippen LogP contribution in [-0.4, -0.2) is 56.5 Å². The molecule has 2 aliphatic rings. The number of thioether (sulfide) groups is 1. The van der Waals surface area contributed by atoms with Gasteiger partial charge < -0.3 is 15.0 Å². The zero-order valence-electron chi connectivity index (χ0n) is 15.4. The Hall–Kier alpha value is 0.01000. The van der Waals surface area contributed by atoms with Gasteiger partial charge in [0.25, 0.3) is 0 Å². The second-order valence-corrected chi connectivity index (χ2v) is 8.93. The second-order valence-electron chi connectivity index (χ2n) is 6.93. The van der Waals surface area contributed by atoms with Crippen molar-refractivity contribution in [2.24, 2.45) is 10.4 Å². The lowest BCUT2D eigenvalue weighted by molar-refractivity contribution is 0.156. The summed E-state index contributed by atoms with van der Waals surface area (Å²) < 4.78 is 6.81. The second kappa shape index (κ2) is 11.1. The number of nitrogens with one attached hydrogen (secondary N) is 1. The van der Waals surface area contributed by atoms with Crippen molar-refractivity contribution in [3.63, 3.8) is 0 Å². The minimum absolute atomic E-state index is 0. The number of guanidine groups is 1. The molecule has 2 saturated heterocycles. The standard InChI is InChI=1S/C19H28BrN3OS.HI/c1-21-18(23-11-8-19(14-23)9-12-24-15-19)22-10-4-5-13-25-17-7-3-2-6-16(17)20;/h2-3,6-7H,4-5,8-15H2,1H3,(H,21,22);1H. The topological polar surface area (TPSA) is 36.9 Å². The van der Waals surface area contributed by atoms with Gasteiger partial charge in [0.05, 0.1) is 6.61 Å². The van der Waals surface area contributed by atoms with Crippen molar-refractivity contribution in [1.29, 1.82) is 0 Å². The molecule has 1 aromatic rings. The van der Waals surface area contributed by atoms with Crippen molar-refractivity contribution in [2.45, 2.75) is 30.6 Å². The molecule has 2 fully saturated rings. The number of hydrogen-bond donors (Lipinski definition) is 1. The number of nitrogens with zero attached hydrogens (tertiary/aromatic N) is 2. The number of hydrogen-bond acceptors (Lipinski definition) is 3. The Kier molecular flexibility index (Phi) is 9.54. The molecule has 146 valence electrons. The fourth-order valence-corrected chi connectivity index (χ4v) is 5.17. The molecule has 0 amide bonds. The van der Waals surface area contributed by atoms with Crippen LogP contribution < -0.4 is 5.32 Å². The van der Waals surface area contributed by atoms with Crippen molar-refractivity contribution in [2.75, 3.05) is 45.6 Å². The molecule has 0 aromatic heterocycles. The predicted octanol–water partition coefficient (Wildman–Crippen LogP) is 4.63. The maximum absolute atomic E-state index is 5.62. The molecular formula is C19H29BrIN3OS. The molecule has 1 unspecified atom stereocenters.